The fourth-order valence-corrected chi connectivity index (χ4v) is 4.78. The molecule has 1 saturated heterocycles. The number of anilines is 1. The van der Waals surface area contributed by atoms with Crippen molar-refractivity contribution in [1.82, 2.24) is 4.90 Å². The molecule has 0 saturated carbocycles. The van der Waals surface area contributed by atoms with E-state index < -0.39 is 9.84 Å². The molecule has 24 heavy (non-hydrogen) atoms. The third-order valence-corrected chi connectivity index (χ3v) is 6.08. The highest BCUT2D eigenvalue weighted by atomic mass is 35.5. The van der Waals surface area contributed by atoms with Crippen molar-refractivity contribution in [2.24, 2.45) is 0 Å². The molecule has 8 heteroatoms. The largest absolute Gasteiger partial charge is 0.338 e. The fourth-order valence-electron chi connectivity index (χ4n) is 2.82. The predicted octanol–water partition coefficient (Wildman–Crippen LogP) is 2.01. The first-order valence-electron chi connectivity index (χ1n) is 7.71. The summed E-state index contributed by atoms with van der Waals surface area (Å²) in [5.41, 5.74) is 1.52. The minimum absolute atomic E-state index is 0.0233. The van der Waals surface area contributed by atoms with Crippen LogP contribution in [0, 0.1) is 6.92 Å². The van der Waals surface area contributed by atoms with Crippen molar-refractivity contribution in [2.75, 3.05) is 23.4 Å². The normalized spacial score (nSPS) is 19.0. The van der Waals surface area contributed by atoms with E-state index in [1.54, 1.807) is 18.2 Å². The molecule has 0 aromatic heterocycles. The third-order valence-electron chi connectivity index (χ3n) is 4.10. The average Bonchev–Trinajstić information content (AvgIpc) is 2.82. The zero-order valence-corrected chi connectivity index (χ0v) is 15.3. The van der Waals surface area contributed by atoms with Gasteiger partial charge < -0.3 is 10.2 Å². The molecule has 1 aromatic carbocycles. The number of hydrogen-bond acceptors (Lipinski definition) is 4. The first-order chi connectivity index (χ1) is 11.2. The van der Waals surface area contributed by atoms with Gasteiger partial charge in [-0.3, -0.25) is 9.59 Å². The van der Waals surface area contributed by atoms with Gasteiger partial charge in [0.1, 0.15) is 0 Å². The highest BCUT2D eigenvalue weighted by molar-refractivity contribution is 7.91. The lowest BCUT2D eigenvalue weighted by Gasteiger charge is -2.26. The Morgan fingerprint density at radius 2 is 2.08 bits per heavy atom. The van der Waals surface area contributed by atoms with Gasteiger partial charge in [-0.05, 0) is 37.1 Å². The molecule has 0 radical (unpaired) electrons. The zero-order valence-electron chi connectivity index (χ0n) is 13.7. The third kappa shape index (κ3) is 4.95. The Morgan fingerprint density at radius 3 is 2.62 bits per heavy atom. The Bertz CT molecular complexity index is 748. The SMILES string of the molecule is CC(=O)N(CCC(=O)Nc1ccc(Cl)cc1C)C1CCS(=O)(=O)C1. The van der Waals surface area contributed by atoms with Crippen molar-refractivity contribution < 1.29 is 18.0 Å². The summed E-state index contributed by atoms with van der Waals surface area (Å²) in [5.74, 6) is -0.373. The lowest BCUT2D eigenvalue weighted by atomic mass is 10.2. The van der Waals surface area contributed by atoms with Crippen molar-refractivity contribution in [3.8, 4) is 0 Å². The second kappa shape index (κ2) is 7.53. The van der Waals surface area contributed by atoms with Crippen LogP contribution in [0.3, 0.4) is 0 Å². The highest BCUT2D eigenvalue weighted by Crippen LogP contribution is 2.21. The lowest BCUT2D eigenvalue weighted by molar-refractivity contribution is -0.131. The molecule has 2 rings (SSSR count). The standard InChI is InChI=1S/C16H21ClN2O4S/c1-11-9-13(17)3-4-15(11)18-16(21)5-7-19(12(2)20)14-6-8-24(22,23)10-14/h3-4,9,14H,5-8,10H2,1-2H3,(H,18,21). The van der Waals surface area contributed by atoms with Crippen LogP contribution in [0.25, 0.3) is 0 Å². The van der Waals surface area contributed by atoms with Gasteiger partial charge >= 0.3 is 0 Å². The Balaban J connectivity index is 1.94. The van der Waals surface area contributed by atoms with E-state index in [4.69, 9.17) is 11.6 Å². The smallest absolute Gasteiger partial charge is 0.226 e. The van der Waals surface area contributed by atoms with Crippen LogP contribution in [0.1, 0.15) is 25.3 Å². The van der Waals surface area contributed by atoms with Crippen molar-refractivity contribution in [1.29, 1.82) is 0 Å². The zero-order chi connectivity index (χ0) is 17.9. The number of amides is 2. The maximum absolute atomic E-state index is 12.1. The number of carbonyl (C=O) groups is 2. The molecule has 1 unspecified atom stereocenters. The molecule has 0 aliphatic carbocycles. The van der Waals surface area contributed by atoms with E-state index >= 15 is 0 Å². The maximum Gasteiger partial charge on any atom is 0.226 e. The fraction of sp³-hybridized carbons (Fsp3) is 0.500. The number of benzene rings is 1. The molecule has 132 valence electrons. The Kier molecular flexibility index (Phi) is 5.87. The highest BCUT2D eigenvalue weighted by Gasteiger charge is 2.33. The van der Waals surface area contributed by atoms with Gasteiger partial charge in [0.2, 0.25) is 11.8 Å². The minimum Gasteiger partial charge on any atom is -0.338 e. The van der Waals surface area contributed by atoms with E-state index in [2.05, 4.69) is 5.32 Å². The number of carbonyl (C=O) groups excluding carboxylic acids is 2. The van der Waals surface area contributed by atoms with Crippen LogP contribution < -0.4 is 5.32 Å². The average molecular weight is 373 g/mol. The van der Waals surface area contributed by atoms with Gasteiger partial charge in [0, 0.05) is 36.6 Å². The molecule has 1 heterocycles. The molecule has 1 fully saturated rings. The molecular formula is C16H21ClN2O4S. The second-order valence-corrected chi connectivity index (χ2v) is 8.69. The minimum atomic E-state index is -3.08. The van der Waals surface area contributed by atoms with E-state index in [0.29, 0.717) is 17.1 Å². The summed E-state index contributed by atoms with van der Waals surface area (Å²) >= 11 is 5.88. The van der Waals surface area contributed by atoms with Crippen molar-refractivity contribution >= 4 is 38.9 Å². The number of sulfone groups is 1. The molecule has 0 spiro atoms. The maximum atomic E-state index is 12.1. The van der Waals surface area contributed by atoms with E-state index in [-0.39, 0.29) is 42.3 Å². The summed E-state index contributed by atoms with van der Waals surface area (Å²) in [6, 6.07) is 4.83. The van der Waals surface area contributed by atoms with Gasteiger partial charge in [-0.25, -0.2) is 8.42 Å². The number of nitrogens with one attached hydrogen (secondary N) is 1. The van der Waals surface area contributed by atoms with Gasteiger partial charge in [-0.15, -0.1) is 0 Å². The van der Waals surface area contributed by atoms with Crippen LogP contribution in [0.15, 0.2) is 18.2 Å². The number of halogens is 1. The molecule has 6 nitrogen and oxygen atoms in total. The van der Waals surface area contributed by atoms with Crippen LogP contribution in [-0.2, 0) is 19.4 Å². The van der Waals surface area contributed by atoms with Gasteiger partial charge in [0.25, 0.3) is 0 Å². The Morgan fingerprint density at radius 1 is 1.38 bits per heavy atom. The van der Waals surface area contributed by atoms with Crippen molar-refractivity contribution in [3.63, 3.8) is 0 Å². The van der Waals surface area contributed by atoms with Gasteiger partial charge in [0.15, 0.2) is 9.84 Å². The van der Waals surface area contributed by atoms with Gasteiger partial charge in [-0.2, -0.15) is 0 Å². The second-order valence-electron chi connectivity index (χ2n) is 6.03. The molecule has 1 aromatic rings. The molecule has 2 amide bonds. The lowest BCUT2D eigenvalue weighted by Crippen LogP contribution is -2.41. The molecular weight excluding hydrogens is 352 g/mol. The molecule has 1 aliphatic heterocycles. The molecule has 1 N–H and O–H groups in total. The first-order valence-corrected chi connectivity index (χ1v) is 9.91. The summed E-state index contributed by atoms with van der Waals surface area (Å²) < 4.78 is 23.2. The van der Waals surface area contributed by atoms with Gasteiger partial charge in [0.05, 0.1) is 11.5 Å². The summed E-state index contributed by atoms with van der Waals surface area (Å²) in [6.07, 6.45) is 0.540. The van der Waals surface area contributed by atoms with Crippen LogP contribution >= 0.6 is 11.6 Å². The Hall–Kier alpha value is -1.60. The van der Waals surface area contributed by atoms with Crippen LogP contribution in [0.5, 0.6) is 0 Å². The topological polar surface area (TPSA) is 83.6 Å². The number of aryl methyl sites for hydroxylation is 1. The van der Waals surface area contributed by atoms with Gasteiger partial charge in [-0.1, -0.05) is 11.6 Å². The number of nitrogens with zero attached hydrogens (tertiary/aromatic N) is 1. The quantitative estimate of drug-likeness (QED) is 0.856. The first kappa shape index (κ1) is 18.7. The van der Waals surface area contributed by atoms with Crippen LogP contribution in [0.4, 0.5) is 5.69 Å². The monoisotopic (exact) mass is 372 g/mol. The summed E-state index contributed by atoms with van der Waals surface area (Å²) in [6.45, 7) is 3.44. The number of hydrogen-bond donors (Lipinski definition) is 1. The summed E-state index contributed by atoms with van der Waals surface area (Å²) in [5, 5.41) is 3.38. The van der Waals surface area contributed by atoms with Crippen LogP contribution in [-0.4, -0.2) is 49.2 Å². The Labute approximate surface area is 147 Å². The van der Waals surface area contributed by atoms with E-state index in [1.165, 1.54) is 11.8 Å². The van der Waals surface area contributed by atoms with Crippen LogP contribution in [0.2, 0.25) is 5.02 Å². The molecule has 1 atom stereocenters. The van der Waals surface area contributed by atoms with Crippen molar-refractivity contribution in [3.05, 3.63) is 28.8 Å². The van der Waals surface area contributed by atoms with E-state index in [1.807, 2.05) is 6.92 Å². The predicted molar refractivity (Wildman–Crippen MR) is 93.9 cm³/mol. The summed E-state index contributed by atoms with van der Waals surface area (Å²) in [4.78, 5) is 25.4. The van der Waals surface area contributed by atoms with E-state index in [0.717, 1.165) is 5.56 Å². The number of rotatable bonds is 5. The van der Waals surface area contributed by atoms with E-state index in [9.17, 15) is 18.0 Å². The summed E-state index contributed by atoms with van der Waals surface area (Å²) in [7, 11) is -3.08. The van der Waals surface area contributed by atoms with Crippen molar-refractivity contribution in [2.45, 2.75) is 32.7 Å². The molecule has 1 aliphatic rings. The molecule has 0 bridgehead atoms.